The molecule has 0 radical (unpaired) electrons. The molecule has 0 bridgehead atoms. The Labute approximate surface area is 167 Å². The standard InChI is InChI=1S/C21H19N7O/c22-12-14-2-1-3-15(10-14)19-11-17(20-21(23)24-13-26-28(19)20)18-4-7-25-27(18)16-5-8-29-9-6-16/h1-4,7,10-11,13,16H,5-6,8-9H2,(H2,23,24,26). The summed E-state index contributed by atoms with van der Waals surface area (Å²) in [6.07, 6.45) is 5.09. The van der Waals surface area contributed by atoms with Crippen LogP contribution < -0.4 is 5.73 Å². The molecule has 4 heterocycles. The summed E-state index contributed by atoms with van der Waals surface area (Å²) in [5.41, 5.74) is 11.2. The van der Waals surface area contributed by atoms with Crippen molar-refractivity contribution in [2.75, 3.05) is 18.9 Å². The van der Waals surface area contributed by atoms with Gasteiger partial charge >= 0.3 is 0 Å². The quantitative estimate of drug-likeness (QED) is 0.581. The predicted molar refractivity (Wildman–Crippen MR) is 108 cm³/mol. The Balaban J connectivity index is 1.72. The molecule has 1 aliphatic heterocycles. The summed E-state index contributed by atoms with van der Waals surface area (Å²) in [5, 5.41) is 18.3. The summed E-state index contributed by atoms with van der Waals surface area (Å²) in [4.78, 5) is 4.20. The first-order valence-corrected chi connectivity index (χ1v) is 9.50. The van der Waals surface area contributed by atoms with Crippen molar-refractivity contribution in [2.24, 2.45) is 0 Å². The molecule has 3 aromatic heterocycles. The molecule has 29 heavy (non-hydrogen) atoms. The Kier molecular flexibility index (Phi) is 4.22. The number of nitrogen functional groups attached to an aromatic ring is 1. The summed E-state index contributed by atoms with van der Waals surface area (Å²) in [6, 6.07) is 14.0. The number of ether oxygens (including phenoxy) is 1. The lowest BCUT2D eigenvalue weighted by atomic mass is 10.1. The Morgan fingerprint density at radius 2 is 1.97 bits per heavy atom. The van der Waals surface area contributed by atoms with Crippen LogP contribution >= 0.6 is 0 Å². The second-order valence-corrected chi connectivity index (χ2v) is 7.05. The maximum Gasteiger partial charge on any atom is 0.152 e. The van der Waals surface area contributed by atoms with Crippen molar-refractivity contribution in [3.8, 4) is 28.6 Å². The van der Waals surface area contributed by atoms with Gasteiger partial charge in [0.15, 0.2) is 5.82 Å². The smallest absolute Gasteiger partial charge is 0.152 e. The van der Waals surface area contributed by atoms with E-state index in [4.69, 9.17) is 10.5 Å². The molecule has 4 aromatic rings. The molecule has 0 unspecified atom stereocenters. The first-order valence-electron chi connectivity index (χ1n) is 9.50. The van der Waals surface area contributed by atoms with E-state index < -0.39 is 0 Å². The minimum absolute atomic E-state index is 0.278. The first kappa shape index (κ1) is 17.4. The van der Waals surface area contributed by atoms with Gasteiger partial charge in [-0.15, -0.1) is 0 Å². The Bertz CT molecular complexity index is 1230. The fourth-order valence-electron chi connectivity index (χ4n) is 3.97. The molecule has 0 aliphatic carbocycles. The van der Waals surface area contributed by atoms with Crippen molar-refractivity contribution in [2.45, 2.75) is 18.9 Å². The molecular weight excluding hydrogens is 366 g/mol. The zero-order chi connectivity index (χ0) is 19.8. The van der Waals surface area contributed by atoms with Crippen LogP contribution in [-0.2, 0) is 4.74 Å². The van der Waals surface area contributed by atoms with Crippen LogP contribution in [0.3, 0.4) is 0 Å². The maximum atomic E-state index is 9.28. The van der Waals surface area contributed by atoms with Gasteiger partial charge in [0.2, 0.25) is 0 Å². The number of fused-ring (bicyclic) bond motifs is 1. The van der Waals surface area contributed by atoms with E-state index in [-0.39, 0.29) is 6.04 Å². The van der Waals surface area contributed by atoms with Gasteiger partial charge in [-0.1, -0.05) is 12.1 Å². The van der Waals surface area contributed by atoms with Crippen LogP contribution in [0.4, 0.5) is 5.82 Å². The van der Waals surface area contributed by atoms with Gasteiger partial charge in [0.05, 0.1) is 29.1 Å². The second-order valence-electron chi connectivity index (χ2n) is 7.05. The van der Waals surface area contributed by atoms with Gasteiger partial charge in [-0.3, -0.25) is 4.68 Å². The molecular formula is C21H19N7O. The van der Waals surface area contributed by atoms with Crippen LogP contribution in [0.15, 0.2) is 48.9 Å². The number of nitriles is 1. The van der Waals surface area contributed by atoms with E-state index in [1.54, 1.807) is 10.6 Å². The molecule has 2 N–H and O–H groups in total. The summed E-state index contributed by atoms with van der Waals surface area (Å²) >= 11 is 0. The molecule has 5 rings (SSSR count). The summed E-state index contributed by atoms with van der Waals surface area (Å²) < 4.78 is 9.35. The lowest BCUT2D eigenvalue weighted by Crippen LogP contribution is -2.21. The molecule has 1 aromatic carbocycles. The van der Waals surface area contributed by atoms with Gasteiger partial charge in [-0.05, 0) is 37.1 Å². The van der Waals surface area contributed by atoms with Crippen molar-refractivity contribution < 1.29 is 4.74 Å². The summed E-state index contributed by atoms with van der Waals surface area (Å²) in [6.45, 7) is 1.47. The van der Waals surface area contributed by atoms with Gasteiger partial charge in [0.25, 0.3) is 0 Å². The molecule has 8 nitrogen and oxygen atoms in total. The van der Waals surface area contributed by atoms with Crippen LogP contribution in [0.5, 0.6) is 0 Å². The molecule has 0 spiro atoms. The van der Waals surface area contributed by atoms with Crippen LogP contribution in [0.1, 0.15) is 24.4 Å². The second kappa shape index (κ2) is 7.04. The zero-order valence-electron chi connectivity index (χ0n) is 15.7. The molecule has 1 saturated heterocycles. The molecule has 0 atom stereocenters. The number of nitrogens with zero attached hydrogens (tertiary/aromatic N) is 6. The van der Waals surface area contributed by atoms with E-state index in [1.165, 1.54) is 6.33 Å². The normalized spacial score (nSPS) is 14.9. The average Bonchev–Trinajstić information content (AvgIpc) is 3.40. The third-order valence-electron chi connectivity index (χ3n) is 5.35. The number of rotatable bonds is 3. The van der Waals surface area contributed by atoms with E-state index in [9.17, 15) is 5.26 Å². The van der Waals surface area contributed by atoms with E-state index in [1.807, 2.05) is 36.5 Å². The van der Waals surface area contributed by atoms with Gasteiger partial charge in [0.1, 0.15) is 11.8 Å². The molecule has 0 saturated carbocycles. The van der Waals surface area contributed by atoms with Crippen LogP contribution in [0, 0.1) is 11.3 Å². The minimum atomic E-state index is 0.278. The van der Waals surface area contributed by atoms with Crippen LogP contribution in [0.2, 0.25) is 0 Å². The molecule has 0 amide bonds. The maximum absolute atomic E-state index is 9.28. The number of hydrogen-bond acceptors (Lipinski definition) is 6. The van der Waals surface area contributed by atoms with Crippen molar-refractivity contribution >= 4 is 11.3 Å². The molecule has 1 aliphatic rings. The highest BCUT2D eigenvalue weighted by atomic mass is 16.5. The topological polar surface area (TPSA) is 107 Å². The molecule has 144 valence electrons. The summed E-state index contributed by atoms with van der Waals surface area (Å²) in [7, 11) is 0. The van der Waals surface area contributed by atoms with Gasteiger partial charge in [0, 0.05) is 30.5 Å². The number of aromatic nitrogens is 5. The largest absolute Gasteiger partial charge is 0.382 e. The van der Waals surface area contributed by atoms with Crippen molar-refractivity contribution in [3.05, 3.63) is 54.5 Å². The number of nitrogens with two attached hydrogens (primary N) is 1. The highest BCUT2D eigenvalue weighted by Gasteiger charge is 2.23. The van der Waals surface area contributed by atoms with Crippen molar-refractivity contribution in [1.82, 2.24) is 24.4 Å². The van der Waals surface area contributed by atoms with Crippen molar-refractivity contribution in [1.29, 1.82) is 5.26 Å². The number of benzene rings is 1. The molecule has 8 heteroatoms. The SMILES string of the molecule is N#Cc1cccc(-c2cc(-c3ccnn3C3CCOCC3)c3c(N)ncnn23)c1. The fraction of sp³-hybridized carbons (Fsp3) is 0.238. The third kappa shape index (κ3) is 2.92. The highest BCUT2D eigenvalue weighted by molar-refractivity contribution is 5.91. The third-order valence-corrected chi connectivity index (χ3v) is 5.35. The number of hydrogen-bond donors (Lipinski definition) is 1. The first-order chi connectivity index (χ1) is 14.3. The van der Waals surface area contributed by atoms with Gasteiger partial charge < -0.3 is 10.5 Å². The van der Waals surface area contributed by atoms with Gasteiger partial charge in [-0.25, -0.2) is 9.50 Å². The van der Waals surface area contributed by atoms with Crippen LogP contribution in [0.25, 0.3) is 28.0 Å². The Morgan fingerprint density at radius 3 is 2.79 bits per heavy atom. The van der Waals surface area contributed by atoms with Gasteiger partial charge in [-0.2, -0.15) is 15.5 Å². The zero-order valence-corrected chi connectivity index (χ0v) is 15.7. The predicted octanol–water partition coefficient (Wildman–Crippen LogP) is 3.07. The Hall–Kier alpha value is -3.70. The van der Waals surface area contributed by atoms with E-state index in [0.717, 1.165) is 54.1 Å². The van der Waals surface area contributed by atoms with E-state index in [2.05, 4.69) is 25.9 Å². The molecule has 1 fully saturated rings. The van der Waals surface area contributed by atoms with Crippen LogP contribution in [-0.4, -0.2) is 37.6 Å². The highest BCUT2D eigenvalue weighted by Crippen LogP contribution is 2.36. The van der Waals surface area contributed by atoms with E-state index >= 15 is 0 Å². The lowest BCUT2D eigenvalue weighted by molar-refractivity contribution is 0.0667. The fourth-order valence-corrected chi connectivity index (χ4v) is 3.97. The average molecular weight is 385 g/mol. The monoisotopic (exact) mass is 385 g/mol. The Morgan fingerprint density at radius 1 is 1.10 bits per heavy atom. The van der Waals surface area contributed by atoms with E-state index in [0.29, 0.717) is 11.4 Å². The minimum Gasteiger partial charge on any atom is -0.382 e. The number of anilines is 1. The lowest BCUT2D eigenvalue weighted by Gasteiger charge is -2.24. The summed E-state index contributed by atoms with van der Waals surface area (Å²) in [5.74, 6) is 0.400. The van der Waals surface area contributed by atoms with Crippen molar-refractivity contribution in [3.63, 3.8) is 0 Å².